The zero-order valence-electron chi connectivity index (χ0n) is 7.53. The van der Waals surface area contributed by atoms with E-state index in [1.54, 1.807) is 11.8 Å². The van der Waals surface area contributed by atoms with Gasteiger partial charge in [-0.1, -0.05) is 23.5 Å². The summed E-state index contributed by atoms with van der Waals surface area (Å²) in [5.41, 5.74) is 1.35. The number of allylic oxidation sites excluding steroid dienone is 5. The van der Waals surface area contributed by atoms with Crippen molar-refractivity contribution in [3.63, 3.8) is 0 Å². The first kappa shape index (κ1) is 9.56. The van der Waals surface area contributed by atoms with Gasteiger partial charge in [-0.3, -0.25) is 0 Å². The third-order valence-electron chi connectivity index (χ3n) is 1.88. The zero-order valence-corrected chi connectivity index (χ0v) is 9.98. The van der Waals surface area contributed by atoms with Crippen LogP contribution in [0, 0.1) is 0 Å². The molecule has 2 rings (SSSR count). The van der Waals surface area contributed by atoms with Crippen LogP contribution in [-0.4, -0.2) is 0 Å². The van der Waals surface area contributed by atoms with Crippen molar-refractivity contribution in [2.24, 2.45) is 0 Å². The molecule has 0 aliphatic carbocycles. The van der Waals surface area contributed by atoms with Gasteiger partial charge >= 0.3 is 0 Å². The van der Waals surface area contributed by atoms with Gasteiger partial charge in [-0.2, -0.15) is 0 Å². The quantitative estimate of drug-likeness (QED) is 0.587. The fourth-order valence-electron chi connectivity index (χ4n) is 1.02. The lowest BCUT2D eigenvalue weighted by atomic mass is 10.3. The molecule has 0 radical (unpaired) electrons. The summed E-state index contributed by atoms with van der Waals surface area (Å²) in [6.07, 6.45) is 4.37. The highest BCUT2D eigenvalue weighted by Gasteiger charge is 2.16. The first-order valence-electron chi connectivity index (χ1n) is 4.03. The summed E-state index contributed by atoms with van der Waals surface area (Å²) >= 11 is 5.51. The van der Waals surface area contributed by atoms with Crippen LogP contribution < -0.4 is 0 Å². The molecule has 0 spiro atoms. The van der Waals surface area contributed by atoms with Gasteiger partial charge in [0, 0.05) is 0 Å². The number of hydrogen-bond donors (Lipinski definition) is 0. The van der Waals surface area contributed by atoms with Crippen molar-refractivity contribution in [2.75, 3.05) is 0 Å². The fourth-order valence-corrected chi connectivity index (χ4v) is 4.08. The first-order chi connectivity index (χ1) is 6.27. The molecular formula is C10H10S3. The van der Waals surface area contributed by atoms with Crippen LogP contribution in [0.5, 0.6) is 0 Å². The second-order valence-electron chi connectivity index (χ2n) is 2.80. The molecule has 0 aromatic rings. The van der Waals surface area contributed by atoms with Gasteiger partial charge in [0.25, 0.3) is 0 Å². The minimum Gasteiger partial charge on any atom is -0.106 e. The van der Waals surface area contributed by atoms with Crippen molar-refractivity contribution < 1.29 is 0 Å². The van der Waals surface area contributed by atoms with E-state index in [9.17, 15) is 0 Å². The molecule has 0 saturated heterocycles. The molecule has 2 heterocycles. The molecule has 2 aliphatic heterocycles. The molecule has 0 nitrogen and oxygen atoms in total. The van der Waals surface area contributed by atoms with E-state index in [-0.39, 0.29) is 0 Å². The zero-order chi connectivity index (χ0) is 9.26. The molecule has 0 amide bonds. The maximum absolute atomic E-state index is 2.19. The Labute approximate surface area is 91.6 Å². The van der Waals surface area contributed by atoms with Crippen molar-refractivity contribution >= 4 is 35.3 Å². The molecule has 3 heteroatoms. The lowest BCUT2D eigenvalue weighted by Gasteiger charge is -2.03. The first-order valence-corrected chi connectivity index (χ1v) is 6.61. The van der Waals surface area contributed by atoms with Crippen molar-refractivity contribution in [2.45, 2.75) is 13.8 Å². The number of rotatable bonds is 0. The van der Waals surface area contributed by atoms with Gasteiger partial charge in [0.2, 0.25) is 0 Å². The molecule has 68 valence electrons. The molecule has 0 aromatic heterocycles. The highest BCUT2D eigenvalue weighted by molar-refractivity contribution is 8.28. The molecule has 0 N–H and O–H groups in total. The van der Waals surface area contributed by atoms with Crippen molar-refractivity contribution in [1.82, 2.24) is 0 Å². The molecular weight excluding hydrogens is 216 g/mol. The van der Waals surface area contributed by atoms with Gasteiger partial charge in [-0.25, -0.2) is 0 Å². The second kappa shape index (κ2) is 4.03. The van der Waals surface area contributed by atoms with Crippen LogP contribution in [-0.2, 0) is 0 Å². The Hall–Kier alpha value is 0.01000. The summed E-state index contributed by atoms with van der Waals surface area (Å²) in [6, 6.07) is 0. The Bertz CT molecular complexity index is 315. The Morgan fingerprint density at radius 1 is 0.923 bits per heavy atom. The predicted octanol–water partition coefficient (Wildman–Crippen LogP) is 4.70. The van der Waals surface area contributed by atoms with Gasteiger partial charge in [-0.05, 0) is 52.2 Å². The Kier molecular flexibility index (Phi) is 2.96. The lowest BCUT2D eigenvalue weighted by Crippen LogP contribution is -1.77. The summed E-state index contributed by atoms with van der Waals surface area (Å²) in [4.78, 5) is 2.88. The fraction of sp³-hybridized carbons (Fsp3) is 0.200. The van der Waals surface area contributed by atoms with Crippen LogP contribution in [0.2, 0.25) is 0 Å². The van der Waals surface area contributed by atoms with Gasteiger partial charge in [0.1, 0.15) is 0 Å². The molecule has 0 saturated carbocycles. The van der Waals surface area contributed by atoms with E-state index >= 15 is 0 Å². The Morgan fingerprint density at radius 3 is 2.00 bits per heavy atom. The lowest BCUT2D eigenvalue weighted by molar-refractivity contribution is 1.57. The van der Waals surface area contributed by atoms with E-state index in [0.29, 0.717) is 0 Å². The average Bonchev–Trinajstić information content (AvgIpc) is 2.49. The molecule has 0 fully saturated rings. The maximum Gasteiger partial charge on any atom is 0.0565 e. The smallest absolute Gasteiger partial charge is 0.0565 e. The van der Waals surface area contributed by atoms with Crippen molar-refractivity contribution in [3.05, 3.63) is 42.6 Å². The summed E-state index contributed by atoms with van der Waals surface area (Å²) in [6.45, 7) is 4.37. The summed E-state index contributed by atoms with van der Waals surface area (Å²) < 4.78 is 1.42. The average molecular weight is 226 g/mol. The van der Waals surface area contributed by atoms with Crippen LogP contribution in [0.15, 0.2) is 42.6 Å². The third-order valence-corrected chi connectivity index (χ3v) is 5.16. The summed E-state index contributed by atoms with van der Waals surface area (Å²) in [5.74, 6) is 0. The van der Waals surface area contributed by atoms with Crippen LogP contribution in [0.4, 0.5) is 0 Å². The van der Waals surface area contributed by atoms with Gasteiger partial charge < -0.3 is 0 Å². The van der Waals surface area contributed by atoms with Gasteiger partial charge in [-0.15, -0.1) is 11.8 Å². The van der Waals surface area contributed by atoms with E-state index in [4.69, 9.17) is 0 Å². The Morgan fingerprint density at radius 2 is 1.46 bits per heavy atom. The number of thioether (sulfide) groups is 3. The van der Waals surface area contributed by atoms with Crippen molar-refractivity contribution in [3.8, 4) is 0 Å². The topological polar surface area (TPSA) is 0 Å². The van der Waals surface area contributed by atoms with Crippen LogP contribution in [0.25, 0.3) is 0 Å². The maximum atomic E-state index is 2.19. The number of hydrogen-bond acceptors (Lipinski definition) is 3. The van der Waals surface area contributed by atoms with E-state index in [1.807, 2.05) is 23.5 Å². The largest absolute Gasteiger partial charge is 0.106 e. The van der Waals surface area contributed by atoms with Crippen molar-refractivity contribution in [1.29, 1.82) is 0 Å². The highest BCUT2D eigenvalue weighted by atomic mass is 32.2. The minimum absolute atomic E-state index is 1.35. The molecule has 0 bridgehead atoms. The standard InChI is InChI=1S/C10H10S3/c1-7-8(2)13-10(12-7)9-3-5-11-6-4-9/h3-6H,1-2H3. The Balaban J connectivity index is 2.24. The predicted molar refractivity (Wildman–Crippen MR) is 66.5 cm³/mol. The van der Waals surface area contributed by atoms with E-state index in [2.05, 4.69) is 36.8 Å². The van der Waals surface area contributed by atoms with Gasteiger partial charge in [0.15, 0.2) is 0 Å². The summed E-state index contributed by atoms with van der Waals surface area (Å²) in [5, 5.41) is 4.26. The monoisotopic (exact) mass is 226 g/mol. The van der Waals surface area contributed by atoms with E-state index in [1.165, 1.54) is 19.6 Å². The van der Waals surface area contributed by atoms with Crippen LogP contribution >= 0.6 is 35.3 Å². The minimum atomic E-state index is 1.35. The molecule has 0 unspecified atom stereocenters. The summed E-state index contributed by atoms with van der Waals surface area (Å²) in [7, 11) is 0. The van der Waals surface area contributed by atoms with Crippen LogP contribution in [0.3, 0.4) is 0 Å². The van der Waals surface area contributed by atoms with E-state index in [0.717, 1.165) is 0 Å². The molecule has 0 atom stereocenters. The van der Waals surface area contributed by atoms with E-state index < -0.39 is 0 Å². The third kappa shape index (κ3) is 2.09. The second-order valence-corrected chi connectivity index (χ2v) is 6.33. The molecule has 13 heavy (non-hydrogen) atoms. The van der Waals surface area contributed by atoms with Gasteiger partial charge in [0.05, 0.1) is 4.24 Å². The highest BCUT2D eigenvalue weighted by Crippen LogP contribution is 2.50. The SMILES string of the molecule is CC1=C(C)SC(=C2C=CSC=C2)S1. The molecule has 0 aromatic carbocycles. The molecule has 2 aliphatic rings. The van der Waals surface area contributed by atoms with Crippen LogP contribution in [0.1, 0.15) is 13.8 Å². The normalized spacial score (nSPS) is 22.0.